The summed E-state index contributed by atoms with van der Waals surface area (Å²) in [5, 5.41) is 3.37. The Morgan fingerprint density at radius 1 is 1.45 bits per heavy atom. The minimum absolute atomic E-state index is 0.339. The molecule has 0 aliphatic carbocycles. The summed E-state index contributed by atoms with van der Waals surface area (Å²) >= 11 is 0. The first-order valence-electron chi connectivity index (χ1n) is 4.56. The summed E-state index contributed by atoms with van der Waals surface area (Å²) in [5.74, 6) is 0. The van der Waals surface area contributed by atoms with E-state index in [1.54, 1.807) is 0 Å². The first-order valence-corrected chi connectivity index (χ1v) is 4.56. The molecule has 0 fully saturated rings. The second kappa shape index (κ2) is 7.73. The SMILES string of the molecule is CC=NC(CC)NCCCC. The molecule has 0 rings (SSSR count). The zero-order valence-corrected chi connectivity index (χ0v) is 7.93. The van der Waals surface area contributed by atoms with Crippen molar-refractivity contribution in [2.24, 2.45) is 4.99 Å². The van der Waals surface area contributed by atoms with E-state index in [0.717, 1.165) is 13.0 Å². The summed E-state index contributed by atoms with van der Waals surface area (Å²) < 4.78 is 0. The molecule has 0 radical (unpaired) electrons. The molecule has 1 N–H and O–H groups in total. The maximum atomic E-state index is 4.28. The van der Waals surface area contributed by atoms with Crippen molar-refractivity contribution in [3.8, 4) is 0 Å². The van der Waals surface area contributed by atoms with Crippen molar-refractivity contribution in [1.29, 1.82) is 0 Å². The summed E-state index contributed by atoms with van der Waals surface area (Å²) in [7, 11) is 0. The van der Waals surface area contributed by atoms with Crippen molar-refractivity contribution in [2.75, 3.05) is 6.54 Å². The van der Waals surface area contributed by atoms with Gasteiger partial charge >= 0.3 is 0 Å². The molecule has 0 amide bonds. The second-order valence-corrected chi connectivity index (χ2v) is 2.64. The van der Waals surface area contributed by atoms with Crippen LogP contribution in [-0.4, -0.2) is 18.9 Å². The third-order valence-corrected chi connectivity index (χ3v) is 1.63. The maximum Gasteiger partial charge on any atom is 0.0987 e. The fraction of sp³-hybridized carbons (Fsp3) is 0.889. The number of aliphatic imine (C=N–C) groups is 1. The lowest BCUT2D eigenvalue weighted by molar-refractivity contribution is 0.507. The van der Waals surface area contributed by atoms with E-state index < -0.39 is 0 Å². The third-order valence-electron chi connectivity index (χ3n) is 1.63. The topological polar surface area (TPSA) is 24.4 Å². The summed E-state index contributed by atoms with van der Waals surface area (Å²) in [4.78, 5) is 4.28. The smallest absolute Gasteiger partial charge is 0.0987 e. The van der Waals surface area contributed by atoms with Crippen LogP contribution in [0, 0.1) is 0 Å². The van der Waals surface area contributed by atoms with Crippen LogP contribution < -0.4 is 5.32 Å². The fourth-order valence-electron chi connectivity index (χ4n) is 0.928. The van der Waals surface area contributed by atoms with E-state index in [1.807, 2.05) is 13.1 Å². The van der Waals surface area contributed by atoms with Crippen LogP contribution in [0.5, 0.6) is 0 Å². The van der Waals surface area contributed by atoms with Crippen molar-refractivity contribution >= 4 is 6.21 Å². The molecule has 66 valence electrons. The van der Waals surface area contributed by atoms with Crippen LogP contribution in [0.2, 0.25) is 0 Å². The lowest BCUT2D eigenvalue weighted by Gasteiger charge is -2.10. The minimum atomic E-state index is 0.339. The van der Waals surface area contributed by atoms with Gasteiger partial charge in [0.1, 0.15) is 0 Å². The molecule has 1 unspecified atom stereocenters. The Morgan fingerprint density at radius 3 is 2.64 bits per heavy atom. The van der Waals surface area contributed by atoms with Crippen molar-refractivity contribution < 1.29 is 0 Å². The van der Waals surface area contributed by atoms with Crippen molar-refractivity contribution in [2.45, 2.75) is 46.2 Å². The van der Waals surface area contributed by atoms with E-state index in [1.165, 1.54) is 12.8 Å². The van der Waals surface area contributed by atoms with Crippen molar-refractivity contribution in [1.82, 2.24) is 5.32 Å². The van der Waals surface area contributed by atoms with Gasteiger partial charge in [-0.05, 0) is 32.5 Å². The predicted octanol–water partition coefficient (Wildman–Crippen LogP) is 2.20. The number of nitrogens with zero attached hydrogens (tertiary/aromatic N) is 1. The normalized spacial score (nSPS) is 14.1. The highest BCUT2D eigenvalue weighted by Gasteiger charge is 1.98. The van der Waals surface area contributed by atoms with Crippen LogP contribution in [0.15, 0.2) is 4.99 Å². The molecule has 0 aromatic rings. The third kappa shape index (κ3) is 6.05. The Kier molecular flexibility index (Phi) is 7.47. The summed E-state index contributed by atoms with van der Waals surface area (Å²) in [6, 6.07) is 0. The second-order valence-electron chi connectivity index (χ2n) is 2.64. The number of unbranched alkanes of at least 4 members (excludes halogenated alkanes) is 1. The summed E-state index contributed by atoms with van der Waals surface area (Å²) in [6.45, 7) is 7.40. The molecule has 0 spiro atoms. The van der Waals surface area contributed by atoms with Gasteiger partial charge in [-0.2, -0.15) is 0 Å². The Labute approximate surface area is 70.1 Å². The monoisotopic (exact) mass is 156 g/mol. The Bertz CT molecular complexity index is 99.7. The van der Waals surface area contributed by atoms with Gasteiger partial charge in [-0.3, -0.25) is 10.3 Å². The molecule has 0 aliphatic heterocycles. The van der Waals surface area contributed by atoms with Gasteiger partial charge in [0.15, 0.2) is 0 Å². The molecular formula is C9H20N2. The lowest BCUT2D eigenvalue weighted by Crippen LogP contribution is -2.27. The van der Waals surface area contributed by atoms with E-state index in [0.29, 0.717) is 6.17 Å². The largest absolute Gasteiger partial charge is 0.296 e. The highest BCUT2D eigenvalue weighted by molar-refractivity contribution is 5.53. The average Bonchev–Trinajstić information content (AvgIpc) is 2.03. The van der Waals surface area contributed by atoms with E-state index in [4.69, 9.17) is 0 Å². The summed E-state index contributed by atoms with van der Waals surface area (Å²) in [5.41, 5.74) is 0. The molecule has 0 bridgehead atoms. The van der Waals surface area contributed by atoms with E-state index in [2.05, 4.69) is 24.2 Å². The van der Waals surface area contributed by atoms with Gasteiger partial charge in [0, 0.05) is 0 Å². The van der Waals surface area contributed by atoms with Crippen LogP contribution in [0.3, 0.4) is 0 Å². The van der Waals surface area contributed by atoms with Crippen LogP contribution in [-0.2, 0) is 0 Å². The quantitative estimate of drug-likeness (QED) is 0.463. The molecule has 0 aliphatic rings. The minimum Gasteiger partial charge on any atom is -0.296 e. The zero-order valence-electron chi connectivity index (χ0n) is 7.93. The predicted molar refractivity (Wildman–Crippen MR) is 51.2 cm³/mol. The maximum absolute atomic E-state index is 4.28. The van der Waals surface area contributed by atoms with Gasteiger partial charge in [0.2, 0.25) is 0 Å². The zero-order chi connectivity index (χ0) is 8.53. The van der Waals surface area contributed by atoms with E-state index in [-0.39, 0.29) is 0 Å². The van der Waals surface area contributed by atoms with E-state index >= 15 is 0 Å². The number of hydrogen-bond donors (Lipinski definition) is 1. The first-order chi connectivity index (χ1) is 5.35. The van der Waals surface area contributed by atoms with Gasteiger partial charge in [-0.1, -0.05) is 20.3 Å². The first kappa shape index (κ1) is 10.6. The summed E-state index contributed by atoms with van der Waals surface area (Å²) in [6.07, 6.45) is 5.78. The average molecular weight is 156 g/mol. The van der Waals surface area contributed by atoms with Crippen LogP contribution >= 0.6 is 0 Å². The molecule has 0 saturated carbocycles. The van der Waals surface area contributed by atoms with Gasteiger partial charge < -0.3 is 0 Å². The molecular weight excluding hydrogens is 136 g/mol. The van der Waals surface area contributed by atoms with Gasteiger partial charge in [0.25, 0.3) is 0 Å². The highest BCUT2D eigenvalue weighted by atomic mass is 15.1. The lowest BCUT2D eigenvalue weighted by atomic mass is 10.3. The Balaban J connectivity index is 3.36. The molecule has 0 heterocycles. The van der Waals surface area contributed by atoms with Gasteiger partial charge in [0.05, 0.1) is 6.17 Å². The van der Waals surface area contributed by atoms with Crippen LogP contribution in [0.4, 0.5) is 0 Å². The standard InChI is InChI=1S/C9H20N2/c1-4-7-8-11-9(5-2)10-6-3/h6,9,11H,4-5,7-8H2,1-3H3. The van der Waals surface area contributed by atoms with Gasteiger partial charge in [-0.25, -0.2) is 0 Å². The highest BCUT2D eigenvalue weighted by Crippen LogP contribution is 1.92. The molecule has 0 aromatic heterocycles. The van der Waals surface area contributed by atoms with Crippen LogP contribution in [0.25, 0.3) is 0 Å². The number of nitrogens with one attached hydrogen (secondary N) is 1. The van der Waals surface area contributed by atoms with E-state index in [9.17, 15) is 0 Å². The molecule has 1 atom stereocenters. The fourth-order valence-corrected chi connectivity index (χ4v) is 0.928. The number of rotatable bonds is 6. The van der Waals surface area contributed by atoms with Crippen molar-refractivity contribution in [3.63, 3.8) is 0 Å². The molecule has 0 aromatic carbocycles. The molecule has 11 heavy (non-hydrogen) atoms. The molecule has 2 heteroatoms. The van der Waals surface area contributed by atoms with Gasteiger partial charge in [-0.15, -0.1) is 0 Å². The van der Waals surface area contributed by atoms with Crippen LogP contribution in [0.1, 0.15) is 40.0 Å². The Morgan fingerprint density at radius 2 is 2.18 bits per heavy atom. The number of hydrogen-bond acceptors (Lipinski definition) is 2. The van der Waals surface area contributed by atoms with Crippen molar-refractivity contribution in [3.05, 3.63) is 0 Å². The molecule has 0 saturated heterocycles. The Hall–Kier alpha value is -0.370. The molecule has 2 nitrogen and oxygen atoms in total.